The van der Waals surface area contributed by atoms with E-state index >= 15 is 0 Å². The van der Waals surface area contributed by atoms with Crippen LogP contribution in [0.25, 0.3) is 34.4 Å². The van der Waals surface area contributed by atoms with E-state index in [0.29, 0.717) is 29.9 Å². The van der Waals surface area contributed by atoms with Crippen molar-refractivity contribution in [1.82, 2.24) is 0 Å². The van der Waals surface area contributed by atoms with Gasteiger partial charge in [0.25, 0.3) is 0 Å². The summed E-state index contributed by atoms with van der Waals surface area (Å²) in [5.41, 5.74) is 14.5. The number of halogens is 2. The van der Waals surface area contributed by atoms with Crippen LogP contribution in [0.3, 0.4) is 0 Å². The monoisotopic (exact) mass is 774 g/mol. The Balaban J connectivity index is 0.00000250. The quantitative estimate of drug-likeness (QED) is 0.150. The second-order valence-corrected chi connectivity index (χ2v) is 24.2. The van der Waals surface area contributed by atoms with E-state index in [9.17, 15) is 0 Å². The number of allylic oxidation sites excluding steroid dienone is 2. The molecule has 2 unspecified atom stereocenters. The average molecular weight is 777 g/mol. The van der Waals surface area contributed by atoms with Crippen LogP contribution < -0.4 is 24.8 Å². The summed E-state index contributed by atoms with van der Waals surface area (Å²) >= 11 is -1.06. The normalized spacial score (nSPS) is 16.6. The average Bonchev–Trinajstić information content (AvgIpc) is 3.55. The predicted octanol–water partition coefficient (Wildman–Crippen LogP) is 7.20. The van der Waals surface area contributed by atoms with Crippen LogP contribution in [0.15, 0.2) is 108 Å². The largest absolute Gasteiger partial charge is 1.00 e. The second-order valence-electron chi connectivity index (χ2n) is 13.7. The first-order chi connectivity index (χ1) is 21.7. The Bertz CT molecular complexity index is 1570. The Morgan fingerprint density at radius 3 is 1.11 bits per heavy atom. The van der Waals surface area contributed by atoms with Crippen molar-refractivity contribution in [2.24, 2.45) is 0 Å². The number of rotatable bonds is 10. The molecule has 0 spiro atoms. The minimum absolute atomic E-state index is 0. The summed E-state index contributed by atoms with van der Waals surface area (Å²) in [6, 6.07) is 36.6. The standard InChI is InChI=1S/2C21H24P.2ClH.Zr/c2*1-15(2)22(16(3)4)19-13-18-11-8-12-20(21(18)14-19)17-9-6-5-7-10-17;;;/h2*5-16H,1-4H3;2*1H;/q;;;;+2/p-2. The molecule has 0 saturated carbocycles. The zero-order chi connectivity index (χ0) is 31.8. The minimum Gasteiger partial charge on any atom is -1.00 e. The van der Waals surface area contributed by atoms with Gasteiger partial charge in [-0.2, -0.15) is 0 Å². The molecule has 47 heavy (non-hydrogen) atoms. The van der Waals surface area contributed by atoms with Gasteiger partial charge in [-0.05, 0) is 0 Å². The fourth-order valence-corrected chi connectivity index (χ4v) is 21.3. The number of hydrogen-bond donors (Lipinski definition) is 0. The molecule has 0 aromatic heterocycles. The molecule has 0 radical (unpaired) electrons. The second kappa shape index (κ2) is 16.6. The SMILES string of the molecule is CC(C)P(C1=Cc2c(-c3ccccc3)cccc2[CH]1[Zr+2][CH]1C(P(C(C)C)C(C)C)=Cc2c(-c3ccccc3)cccc21)C(C)C.[Cl-].[Cl-]. The molecular formula is C42H48Cl2P2Zr. The van der Waals surface area contributed by atoms with Gasteiger partial charge in [0, 0.05) is 0 Å². The Labute approximate surface area is 311 Å². The van der Waals surface area contributed by atoms with E-state index < -0.39 is 23.2 Å². The summed E-state index contributed by atoms with van der Waals surface area (Å²) in [7, 11) is -0.483. The molecule has 0 fully saturated rings. The zero-order valence-electron chi connectivity index (χ0n) is 29.0. The third kappa shape index (κ3) is 7.72. The van der Waals surface area contributed by atoms with E-state index in [0.717, 1.165) is 0 Å². The van der Waals surface area contributed by atoms with Crippen molar-refractivity contribution in [2.75, 3.05) is 0 Å². The van der Waals surface area contributed by atoms with Crippen LogP contribution in [0.5, 0.6) is 0 Å². The smallest absolute Gasteiger partial charge is 1.00 e. The van der Waals surface area contributed by atoms with Gasteiger partial charge < -0.3 is 24.8 Å². The van der Waals surface area contributed by atoms with Crippen LogP contribution in [0, 0.1) is 0 Å². The summed E-state index contributed by atoms with van der Waals surface area (Å²) in [6.07, 6.45) is 5.39. The van der Waals surface area contributed by atoms with Crippen LogP contribution in [-0.2, 0) is 23.2 Å². The van der Waals surface area contributed by atoms with Gasteiger partial charge in [-0.1, -0.05) is 0 Å². The first kappa shape index (κ1) is 38.5. The zero-order valence-corrected chi connectivity index (χ0v) is 34.8. The molecule has 0 saturated heterocycles. The van der Waals surface area contributed by atoms with Gasteiger partial charge in [-0.25, -0.2) is 0 Å². The summed E-state index contributed by atoms with van der Waals surface area (Å²) in [5, 5.41) is 3.59. The summed E-state index contributed by atoms with van der Waals surface area (Å²) in [6.45, 7) is 19.8. The van der Waals surface area contributed by atoms with Crippen molar-refractivity contribution in [2.45, 2.75) is 85.3 Å². The molecule has 0 heterocycles. The molecule has 0 bridgehead atoms. The summed E-state index contributed by atoms with van der Waals surface area (Å²) in [4.78, 5) is 0. The molecule has 6 rings (SSSR count). The Morgan fingerprint density at radius 1 is 0.447 bits per heavy atom. The van der Waals surface area contributed by atoms with Crippen LogP contribution in [0.4, 0.5) is 0 Å². The molecule has 4 aromatic rings. The maximum atomic E-state index is 2.70. The van der Waals surface area contributed by atoms with Gasteiger partial charge in [-0.15, -0.1) is 0 Å². The first-order valence-electron chi connectivity index (χ1n) is 16.8. The van der Waals surface area contributed by atoms with Crippen molar-refractivity contribution in [3.05, 3.63) is 130 Å². The Kier molecular flexibility index (Phi) is 13.6. The molecule has 4 aromatic carbocycles. The fraction of sp³-hybridized carbons (Fsp3) is 0.333. The molecule has 0 amide bonds. The third-order valence-corrected chi connectivity index (χ3v) is 21.7. The molecule has 0 aliphatic heterocycles. The minimum atomic E-state index is -1.06. The van der Waals surface area contributed by atoms with Crippen molar-refractivity contribution in [1.29, 1.82) is 0 Å². The van der Waals surface area contributed by atoms with E-state index in [4.69, 9.17) is 0 Å². The molecule has 0 nitrogen and oxygen atoms in total. The maximum absolute atomic E-state index is 2.70. The molecule has 2 atom stereocenters. The summed E-state index contributed by atoms with van der Waals surface area (Å²) in [5.74, 6) is 0. The van der Waals surface area contributed by atoms with Crippen molar-refractivity contribution in [3.8, 4) is 22.3 Å². The molecule has 0 N–H and O–H groups in total. The summed E-state index contributed by atoms with van der Waals surface area (Å²) < 4.78 is 1.22. The van der Waals surface area contributed by atoms with Crippen LogP contribution >= 0.6 is 15.8 Å². The molecule has 5 heteroatoms. The van der Waals surface area contributed by atoms with E-state index in [2.05, 4.69) is 165 Å². The van der Waals surface area contributed by atoms with Crippen LogP contribution in [-0.4, -0.2) is 22.6 Å². The van der Waals surface area contributed by atoms with Gasteiger partial charge in [0.1, 0.15) is 0 Å². The Morgan fingerprint density at radius 2 is 0.787 bits per heavy atom. The molecule has 244 valence electrons. The molecule has 2 aliphatic rings. The van der Waals surface area contributed by atoms with Gasteiger partial charge in [-0.3, -0.25) is 0 Å². The number of fused-ring (bicyclic) bond motifs is 2. The van der Waals surface area contributed by atoms with Gasteiger partial charge >= 0.3 is 289 Å². The van der Waals surface area contributed by atoms with Crippen molar-refractivity contribution in [3.63, 3.8) is 0 Å². The van der Waals surface area contributed by atoms with Crippen LogP contribution in [0.2, 0.25) is 0 Å². The van der Waals surface area contributed by atoms with Crippen molar-refractivity contribution >= 4 is 28.0 Å². The topological polar surface area (TPSA) is 0 Å². The number of benzene rings is 4. The first-order valence-corrected chi connectivity index (χ1v) is 22.6. The van der Waals surface area contributed by atoms with E-state index in [1.165, 1.54) is 33.4 Å². The van der Waals surface area contributed by atoms with Gasteiger partial charge in [0.15, 0.2) is 0 Å². The van der Waals surface area contributed by atoms with Gasteiger partial charge in [0.2, 0.25) is 0 Å². The third-order valence-electron chi connectivity index (χ3n) is 9.40. The maximum Gasteiger partial charge on any atom is -1.00 e. The molecule has 2 aliphatic carbocycles. The van der Waals surface area contributed by atoms with E-state index in [-0.39, 0.29) is 40.7 Å². The Hall–Kier alpha value is -1.32. The fourth-order valence-electron chi connectivity index (χ4n) is 7.86. The van der Waals surface area contributed by atoms with Crippen LogP contribution in [0.1, 0.15) is 84.9 Å². The predicted molar refractivity (Wildman–Crippen MR) is 200 cm³/mol. The van der Waals surface area contributed by atoms with Gasteiger partial charge in [0.05, 0.1) is 0 Å². The van der Waals surface area contributed by atoms with E-state index in [1.54, 1.807) is 21.8 Å². The number of hydrogen-bond acceptors (Lipinski definition) is 0. The van der Waals surface area contributed by atoms with Crippen molar-refractivity contribution < 1.29 is 48.0 Å². The van der Waals surface area contributed by atoms with E-state index in [1.807, 2.05) is 0 Å². The molecular weight excluding hydrogens is 729 g/mol.